The molecule has 12 heavy (non-hydrogen) atoms. The summed E-state index contributed by atoms with van der Waals surface area (Å²) in [6, 6.07) is 0. The fourth-order valence-electron chi connectivity index (χ4n) is 0.403. The SMILES string of the molecule is [NH-]S1(=O)=NS(=O)(F)=NS(=O)(F)=N1. The lowest BCUT2D eigenvalue weighted by Crippen LogP contribution is -2.03. The van der Waals surface area contributed by atoms with E-state index in [1.54, 1.807) is 0 Å². The largest absolute Gasteiger partial charge is 0.561 e. The zero-order valence-corrected chi connectivity index (χ0v) is 7.50. The van der Waals surface area contributed by atoms with Crippen molar-refractivity contribution in [2.45, 2.75) is 0 Å². The lowest BCUT2D eigenvalue weighted by molar-refractivity contribution is 0.629. The van der Waals surface area contributed by atoms with Gasteiger partial charge in [-0.2, -0.15) is 8.42 Å². The normalized spacial score (nSPS) is 53.2. The molecule has 0 saturated heterocycles. The van der Waals surface area contributed by atoms with Gasteiger partial charge in [0.15, 0.2) is 0 Å². The van der Waals surface area contributed by atoms with Gasteiger partial charge in [-0.3, -0.25) is 0 Å². The molecule has 0 spiro atoms. The molecule has 0 aromatic heterocycles. The molecule has 3 unspecified atom stereocenters. The van der Waals surface area contributed by atoms with Crippen LogP contribution in [0.5, 0.6) is 0 Å². The first-order valence-corrected chi connectivity index (χ1v) is 6.32. The van der Waals surface area contributed by atoms with E-state index in [1.165, 1.54) is 0 Å². The smallest absolute Gasteiger partial charge is 0.336 e. The van der Waals surface area contributed by atoms with Gasteiger partial charge in [0, 0.05) is 0 Å². The zero-order chi connectivity index (χ0) is 9.62. The summed E-state index contributed by atoms with van der Waals surface area (Å²) in [6.07, 6.45) is 0. The van der Waals surface area contributed by atoms with E-state index in [-0.39, 0.29) is 0 Å². The van der Waals surface area contributed by atoms with Gasteiger partial charge in [0.25, 0.3) is 0 Å². The van der Waals surface area contributed by atoms with Gasteiger partial charge in [0.1, 0.15) is 0 Å². The van der Waals surface area contributed by atoms with Crippen molar-refractivity contribution in [2.24, 2.45) is 11.3 Å². The van der Waals surface area contributed by atoms with Crippen LogP contribution < -0.4 is 0 Å². The lowest BCUT2D eigenvalue weighted by atomic mass is 13.8. The summed E-state index contributed by atoms with van der Waals surface area (Å²) in [7, 11) is -14.5. The molecule has 0 saturated carbocycles. The Hall–Kier alpha value is -0.330. The molecule has 3 atom stereocenters. The van der Waals surface area contributed by atoms with Crippen LogP contribution in [0.3, 0.4) is 0 Å². The van der Waals surface area contributed by atoms with E-state index < -0.39 is 30.7 Å². The van der Waals surface area contributed by atoms with Crippen LogP contribution in [0, 0.1) is 0 Å². The third-order valence-electron chi connectivity index (χ3n) is 0.570. The van der Waals surface area contributed by atoms with E-state index in [9.17, 15) is 20.4 Å². The van der Waals surface area contributed by atoms with Crippen molar-refractivity contribution in [3.63, 3.8) is 0 Å². The third-order valence-corrected chi connectivity index (χ3v) is 5.13. The summed E-state index contributed by atoms with van der Waals surface area (Å²) in [5.74, 6) is 0. The minimum absolute atomic E-state index is 1.93. The third kappa shape index (κ3) is 2.33. The molecule has 0 fully saturated rings. The Morgan fingerprint density at radius 3 is 1.67 bits per heavy atom. The maximum atomic E-state index is 12.3. The van der Waals surface area contributed by atoms with E-state index in [1.807, 2.05) is 3.77 Å². The Balaban J connectivity index is 3.83. The van der Waals surface area contributed by atoms with Crippen molar-refractivity contribution in [2.75, 3.05) is 0 Å². The van der Waals surface area contributed by atoms with Gasteiger partial charge in [-0.05, 0) is 0 Å². The second-order valence-corrected chi connectivity index (χ2v) is 6.09. The topological polar surface area (TPSA) is 112 Å². The molecule has 0 radical (unpaired) electrons. The minimum Gasteiger partial charge on any atom is -0.561 e. The number of rotatable bonds is 0. The van der Waals surface area contributed by atoms with Crippen LogP contribution in [0.15, 0.2) is 11.3 Å². The van der Waals surface area contributed by atoms with E-state index in [0.29, 0.717) is 0 Å². The van der Waals surface area contributed by atoms with Gasteiger partial charge >= 0.3 is 20.6 Å². The average molecular weight is 239 g/mol. The summed E-state index contributed by atoms with van der Waals surface area (Å²) in [6.45, 7) is 0. The molecule has 7 nitrogen and oxygen atoms in total. The Kier molecular flexibility index (Phi) is 1.90. The van der Waals surface area contributed by atoms with Gasteiger partial charge in [-0.25, -0.2) is 4.21 Å². The van der Waals surface area contributed by atoms with Crippen molar-refractivity contribution in [3.05, 3.63) is 5.14 Å². The number of hydrogen-bond donors (Lipinski definition) is 0. The van der Waals surface area contributed by atoms with Crippen LogP contribution >= 0.6 is 0 Å². The number of nitrogens with one attached hydrogen (secondary N) is 1. The first-order chi connectivity index (χ1) is 5.12. The Labute approximate surface area is 68.0 Å². The summed E-state index contributed by atoms with van der Waals surface area (Å²) in [5, 5.41) is 6.43. The molecule has 0 aromatic carbocycles. The monoisotopic (exact) mass is 239 g/mol. The standard InChI is InChI=1S/F2HN4O3S3/c1-10(7)4-11(2,8)6-12(3,9)5-10/h(H-,3,4,5,6,7,8,9)/q-1. The summed E-state index contributed by atoms with van der Waals surface area (Å²) in [5.41, 5.74) is 0. The number of hydrogen-bond acceptors (Lipinski definition) is 3. The summed E-state index contributed by atoms with van der Waals surface area (Å²) >= 11 is 0. The van der Waals surface area contributed by atoms with Crippen LogP contribution in [-0.2, 0) is 30.7 Å². The number of halogens is 2. The molecule has 1 heterocycles. The minimum atomic E-state index is -5.01. The fourth-order valence-corrected chi connectivity index (χ4v) is 4.37. The predicted molar refractivity (Wildman–Crippen MR) is 38.2 cm³/mol. The maximum absolute atomic E-state index is 12.3. The highest BCUT2D eigenvalue weighted by molar-refractivity contribution is 8.12. The Bertz CT molecular complexity index is 442. The second kappa shape index (κ2) is 2.34. The van der Waals surface area contributed by atoms with E-state index in [0.717, 1.165) is 0 Å². The highest BCUT2D eigenvalue weighted by Gasteiger charge is 2.19. The molecule has 0 bridgehead atoms. The highest BCUT2D eigenvalue weighted by Crippen LogP contribution is 2.20. The van der Waals surface area contributed by atoms with Gasteiger partial charge < -0.3 is 5.14 Å². The zero-order valence-electron chi connectivity index (χ0n) is 5.05. The molecule has 1 N–H and O–H groups in total. The maximum Gasteiger partial charge on any atom is 0.336 e. The van der Waals surface area contributed by atoms with Crippen molar-refractivity contribution in [3.8, 4) is 0 Å². The quantitative estimate of drug-likeness (QED) is 0.584. The van der Waals surface area contributed by atoms with Crippen LogP contribution in [0.25, 0.3) is 5.14 Å². The Morgan fingerprint density at radius 2 is 1.33 bits per heavy atom. The van der Waals surface area contributed by atoms with Gasteiger partial charge in [0.2, 0.25) is 0 Å². The van der Waals surface area contributed by atoms with Crippen LogP contribution in [0.1, 0.15) is 0 Å². The molecule has 12 heteroatoms. The summed E-state index contributed by atoms with van der Waals surface area (Å²) < 4.78 is 61.8. The molecule has 1 aliphatic rings. The first-order valence-electron chi connectivity index (χ1n) is 2.11. The molecular weight excluding hydrogens is 238 g/mol. The van der Waals surface area contributed by atoms with E-state index in [2.05, 4.69) is 7.54 Å². The van der Waals surface area contributed by atoms with Crippen LogP contribution in [0.2, 0.25) is 0 Å². The first kappa shape index (κ1) is 9.76. The van der Waals surface area contributed by atoms with E-state index in [4.69, 9.17) is 5.14 Å². The van der Waals surface area contributed by atoms with Crippen LogP contribution in [-0.4, -0.2) is 12.6 Å². The average Bonchev–Trinajstić information content (AvgIpc) is 1.44. The molecule has 1 aliphatic heterocycles. The molecule has 0 aliphatic carbocycles. The fraction of sp³-hybridized carbons (Fsp3) is 0. The molecule has 72 valence electrons. The van der Waals surface area contributed by atoms with Crippen molar-refractivity contribution in [1.82, 2.24) is 0 Å². The van der Waals surface area contributed by atoms with Crippen LogP contribution in [0.4, 0.5) is 7.77 Å². The summed E-state index contributed by atoms with van der Waals surface area (Å²) in [4.78, 5) is 0. The predicted octanol–water partition coefficient (Wildman–Crippen LogP) is 0.885. The van der Waals surface area contributed by atoms with Crippen molar-refractivity contribution < 1.29 is 20.4 Å². The number of nitrogens with zero attached hydrogens (tertiary/aromatic N) is 3. The lowest BCUT2D eigenvalue weighted by Gasteiger charge is -2.07. The second-order valence-electron chi connectivity index (χ2n) is 1.58. The highest BCUT2D eigenvalue weighted by atomic mass is 32.3. The van der Waals surface area contributed by atoms with Gasteiger partial charge in [0.05, 0.1) is 10.1 Å². The molecule has 1 rings (SSSR count). The molecule has 0 aromatic rings. The molecule has 0 amide bonds. The van der Waals surface area contributed by atoms with Gasteiger partial charge in [-0.15, -0.1) is 7.77 Å². The van der Waals surface area contributed by atoms with E-state index >= 15 is 0 Å². The molecular formula is HF2N4O3S3-. The Morgan fingerprint density at radius 1 is 0.917 bits per heavy atom. The van der Waals surface area contributed by atoms with Crippen molar-refractivity contribution in [1.29, 1.82) is 0 Å². The van der Waals surface area contributed by atoms with Crippen molar-refractivity contribution >= 4 is 30.7 Å². The van der Waals surface area contributed by atoms with Gasteiger partial charge in [-0.1, -0.05) is 11.3 Å².